The average Bonchev–Trinajstić information content (AvgIpc) is 2.04. The summed E-state index contributed by atoms with van der Waals surface area (Å²) in [6.07, 6.45) is 0. The Kier molecular flexibility index (Phi) is 5.97. The van der Waals surface area contributed by atoms with Crippen LogP contribution in [0.2, 0.25) is 0 Å². The Morgan fingerprint density at radius 3 is 2.07 bits per heavy atom. The van der Waals surface area contributed by atoms with Crippen LogP contribution in [-0.2, 0) is 4.74 Å². The second-order valence-corrected chi connectivity index (χ2v) is 3.63. The molecule has 0 unspecified atom stereocenters. The number of aryl methyl sites for hydroxylation is 1. The molecule has 1 aromatic rings. The van der Waals surface area contributed by atoms with Gasteiger partial charge in [0.2, 0.25) is 0 Å². The van der Waals surface area contributed by atoms with Crippen LogP contribution in [0.3, 0.4) is 0 Å². The van der Waals surface area contributed by atoms with Crippen molar-refractivity contribution in [2.45, 2.75) is 26.7 Å². The molecule has 0 heterocycles. The second kappa shape index (κ2) is 6.44. The zero-order chi connectivity index (χ0) is 11.1. The van der Waals surface area contributed by atoms with E-state index in [0.29, 0.717) is 11.7 Å². The van der Waals surface area contributed by atoms with Crippen LogP contribution in [0.1, 0.15) is 30.9 Å². The van der Waals surface area contributed by atoms with Crippen molar-refractivity contribution in [1.82, 2.24) is 0 Å². The first-order chi connectivity index (χ1) is 6.52. The summed E-state index contributed by atoms with van der Waals surface area (Å²) in [7, 11) is 3.25. The van der Waals surface area contributed by atoms with Crippen LogP contribution in [0, 0.1) is 6.92 Å². The molecule has 0 saturated heterocycles. The summed E-state index contributed by atoms with van der Waals surface area (Å²) < 4.78 is 4.25. The Hall–Kier alpha value is -1.02. The minimum atomic E-state index is 0.399. The van der Waals surface area contributed by atoms with Gasteiger partial charge in [-0.2, -0.15) is 0 Å². The summed E-state index contributed by atoms with van der Waals surface area (Å²) in [6, 6.07) is 5.81. The first kappa shape index (κ1) is 13.0. The molecule has 0 radical (unpaired) electrons. The molecule has 0 aliphatic carbocycles. The Balaban J connectivity index is 0.000000500. The minimum Gasteiger partial charge on any atom is -0.508 e. The molecule has 2 heteroatoms. The highest BCUT2D eigenvalue weighted by molar-refractivity contribution is 5.37. The molecular weight excluding hydrogens is 176 g/mol. The molecule has 14 heavy (non-hydrogen) atoms. The van der Waals surface area contributed by atoms with Gasteiger partial charge in [-0.1, -0.05) is 26.0 Å². The van der Waals surface area contributed by atoms with E-state index in [2.05, 4.69) is 18.6 Å². The van der Waals surface area contributed by atoms with Gasteiger partial charge in [0.1, 0.15) is 5.75 Å². The van der Waals surface area contributed by atoms with Crippen LogP contribution < -0.4 is 0 Å². The van der Waals surface area contributed by atoms with Gasteiger partial charge in [-0.15, -0.1) is 0 Å². The maximum Gasteiger partial charge on any atom is 0.119 e. The normalized spacial score (nSPS) is 9.57. The van der Waals surface area contributed by atoms with E-state index in [1.54, 1.807) is 20.3 Å². The molecule has 0 aliphatic rings. The SMILES string of the molecule is COC.Cc1ccc(C(C)C)c(O)c1. The summed E-state index contributed by atoms with van der Waals surface area (Å²) in [5.74, 6) is 0.815. The zero-order valence-corrected chi connectivity index (χ0v) is 9.66. The third-order valence-corrected chi connectivity index (χ3v) is 1.81. The molecule has 0 aliphatic heterocycles. The number of ether oxygens (including phenoxy) is 1. The van der Waals surface area contributed by atoms with Crippen LogP contribution in [0.15, 0.2) is 18.2 Å². The van der Waals surface area contributed by atoms with E-state index >= 15 is 0 Å². The topological polar surface area (TPSA) is 29.5 Å². The summed E-state index contributed by atoms with van der Waals surface area (Å²) in [5.41, 5.74) is 2.13. The molecule has 80 valence electrons. The molecule has 0 spiro atoms. The third kappa shape index (κ3) is 4.28. The van der Waals surface area contributed by atoms with Crippen molar-refractivity contribution in [3.05, 3.63) is 29.3 Å². The van der Waals surface area contributed by atoms with Crippen molar-refractivity contribution < 1.29 is 9.84 Å². The molecule has 2 nitrogen and oxygen atoms in total. The van der Waals surface area contributed by atoms with Crippen molar-refractivity contribution >= 4 is 0 Å². The lowest BCUT2D eigenvalue weighted by molar-refractivity contribution is 0.277. The van der Waals surface area contributed by atoms with Gasteiger partial charge in [0.15, 0.2) is 0 Å². The standard InChI is InChI=1S/C10H14O.C2H6O/c1-7(2)9-5-4-8(3)6-10(9)11;1-3-2/h4-7,11H,1-3H3;1-2H3. The van der Waals surface area contributed by atoms with Gasteiger partial charge < -0.3 is 9.84 Å². The van der Waals surface area contributed by atoms with Crippen molar-refractivity contribution in [2.24, 2.45) is 0 Å². The Bertz CT molecular complexity index is 267. The highest BCUT2D eigenvalue weighted by Gasteiger charge is 2.03. The molecule has 0 atom stereocenters. The lowest BCUT2D eigenvalue weighted by Gasteiger charge is -2.07. The Morgan fingerprint density at radius 2 is 1.71 bits per heavy atom. The first-order valence-electron chi connectivity index (χ1n) is 4.72. The van der Waals surface area contributed by atoms with Crippen LogP contribution >= 0.6 is 0 Å². The Morgan fingerprint density at radius 1 is 1.21 bits per heavy atom. The molecule has 0 aromatic heterocycles. The maximum absolute atomic E-state index is 9.46. The van der Waals surface area contributed by atoms with E-state index in [-0.39, 0.29) is 0 Å². The molecular formula is C12H20O2. The second-order valence-electron chi connectivity index (χ2n) is 3.63. The van der Waals surface area contributed by atoms with Crippen LogP contribution in [0.25, 0.3) is 0 Å². The van der Waals surface area contributed by atoms with Crippen LogP contribution in [-0.4, -0.2) is 19.3 Å². The average molecular weight is 196 g/mol. The van der Waals surface area contributed by atoms with Gasteiger partial charge in [0.05, 0.1) is 0 Å². The Labute approximate surface area is 86.5 Å². The predicted molar refractivity (Wildman–Crippen MR) is 59.9 cm³/mol. The number of hydrogen-bond acceptors (Lipinski definition) is 2. The van der Waals surface area contributed by atoms with Gasteiger partial charge in [0.25, 0.3) is 0 Å². The first-order valence-corrected chi connectivity index (χ1v) is 4.72. The van der Waals surface area contributed by atoms with Crippen LogP contribution in [0.5, 0.6) is 5.75 Å². The fourth-order valence-corrected chi connectivity index (χ4v) is 1.14. The molecule has 0 bridgehead atoms. The summed E-state index contributed by atoms with van der Waals surface area (Å²) >= 11 is 0. The van der Waals surface area contributed by atoms with E-state index in [0.717, 1.165) is 11.1 Å². The molecule has 0 amide bonds. The fourth-order valence-electron chi connectivity index (χ4n) is 1.14. The molecule has 1 rings (SSSR count). The lowest BCUT2D eigenvalue weighted by atomic mass is 10.0. The van der Waals surface area contributed by atoms with Gasteiger partial charge in [-0.05, 0) is 30.0 Å². The molecule has 1 N–H and O–H groups in total. The monoisotopic (exact) mass is 196 g/mol. The number of rotatable bonds is 1. The van der Waals surface area contributed by atoms with E-state index in [9.17, 15) is 5.11 Å². The fraction of sp³-hybridized carbons (Fsp3) is 0.500. The van der Waals surface area contributed by atoms with E-state index in [1.165, 1.54) is 0 Å². The number of methoxy groups -OCH3 is 1. The smallest absolute Gasteiger partial charge is 0.119 e. The van der Waals surface area contributed by atoms with Crippen LogP contribution in [0.4, 0.5) is 0 Å². The highest BCUT2D eigenvalue weighted by Crippen LogP contribution is 2.25. The number of hydrogen-bond donors (Lipinski definition) is 1. The van der Waals surface area contributed by atoms with Crippen molar-refractivity contribution in [2.75, 3.05) is 14.2 Å². The summed E-state index contributed by atoms with van der Waals surface area (Å²) in [5, 5.41) is 9.46. The number of aromatic hydroxyl groups is 1. The number of phenolic OH excluding ortho intramolecular Hbond substituents is 1. The van der Waals surface area contributed by atoms with E-state index in [4.69, 9.17) is 0 Å². The lowest BCUT2D eigenvalue weighted by Crippen LogP contribution is -1.87. The van der Waals surface area contributed by atoms with Gasteiger partial charge >= 0.3 is 0 Å². The quantitative estimate of drug-likeness (QED) is 0.748. The summed E-state index contributed by atoms with van der Waals surface area (Å²) in [6.45, 7) is 6.12. The van der Waals surface area contributed by atoms with Gasteiger partial charge in [-0.3, -0.25) is 0 Å². The largest absolute Gasteiger partial charge is 0.508 e. The highest BCUT2D eigenvalue weighted by atomic mass is 16.4. The number of benzene rings is 1. The van der Waals surface area contributed by atoms with Crippen molar-refractivity contribution in [1.29, 1.82) is 0 Å². The molecule has 1 aromatic carbocycles. The third-order valence-electron chi connectivity index (χ3n) is 1.81. The van der Waals surface area contributed by atoms with E-state index in [1.807, 2.05) is 19.1 Å². The van der Waals surface area contributed by atoms with Gasteiger partial charge in [-0.25, -0.2) is 0 Å². The molecule has 0 saturated carbocycles. The zero-order valence-electron chi connectivity index (χ0n) is 9.66. The predicted octanol–water partition coefficient (Wildman–Crippen LogP) is 3.09. The summed E-state index contributed by atoms with van der Waals surface area (Å²) in [4.78, 5) is 0. The van der Waals surface area contributed by atoms with Gasteiger partial charge in [0, 0.05) is 14.2 Å². The minimum absolute atomic E-state index is 0.399. The number of phenols is 1. The van der Waals surface area contributed by atoms with E-state index < -0.39 is 0 Å². The van der Waals surface area contributed by atoms with Crippen molar-refractivity contribution in [3.8, 4) is 5.75 Å². The maximum atomic E-state index is 9.46. The molecule has 0 fully saturated rings. The van der Waals surface area contributed by atoms with Crippen molar-refractivity contribution in [3.63, 3.8) is 0 Å².